The molecule has 190 valence electrons. The van der Waals surface area contributed by atoms with Crippen molar-refractivity contribution in [1.29, 1.82) is 0 Å². The topological polar surface area (TPSA) is 132 Å². The van der Waals surface area contributed by atoms with Crippen molar-refractivity contribution in [2.75, 3.05) is 27.6 Å². The first-order chi connectivity index (χ1) is 17.7. The summed E-state index contributed by atoms with van der Waals surface area (Å²) < 4.78 is 38.9. The number of hydrogen-bond acceptors (Lipinski definition) is 7. The van der Waals surface area contributed by atoms with Gasteiger partial charge in [-0.05, 0) is 24.3 Å². The van der Waals surface area contributed by atoms with Crippen LogP contribution in [0.3, 0.4) is 0 Å². The van der Waals surface area contributed by atoms with Crippen LogP contribution < -0.4 is 14.2 Å². The van der Waals surface area contributed by atoms with Crippen LogP contribution >= 0.6 is 0 Å². The van der Waals surface area contributed by atoms with Crippen molar-refractivity contribution in [2.24, 2.45) is 0 Å². The average molecular weight is 521 g/mol. The molecule has 0 saturated heterocycles. The van der Waals surface area contributed by atoms with Crippen molar-refractivity contribution in [3.63, 3.8) is 0 Å². The number of carbonyl (C=O) groups is 2. The van der Waals surface area contributed by atoms with E-state index in [1.807, 2.05) is 18.2 Å². The molecule has 0 amide bonds. The lowest BCUT2D eigenvalue weighted by molar-refractivity contribution is -0.00436. The fraction of sp³-hybridized carbons (Fsp3) is 0.148. The molecule has 0 radical (unpaired) electrons. The van der Waals surface area contributed by atoms with Gasteiger partial charge in [-0.1, -0.05) is 42.5 Å². The molecule has 3 aromatic carbocycles. The SMILES string of the molecule is COc1ccc(C(=O)c2ccccc2)c(OC)c1OC.CS(=O)(=O)c1cccc2c1C=CC(=[N+]=[N-])C2=O. The molecule has 0 heterocycles. The molecule has 0 bridgehead atoms. The first kappa shape index (κ1) is 27.1. The van der Waals surface area contributed by atoms with Gasteiger partial charge in [-0.25, -0.2) is 8.42 Å². The van der Waals surface area contributed by atoms with Gasteiger partial charge in [-0.15, -0.1) is 0 Å². The van der Waals surface area contributed by atoms with Gasteiger partial charge in [0.2, 0.25) is 5.75 Å². The monoisotopic (exact) mass is 520 g/mol. The van der Waals surface area contributed by atoms with Gasteiger partial charge in [0.1, 0.15) is 0 Å². The second kappa shape index (κ2) is 11.5. The number of allylic oxidation sites excluding steroid dienone is 1. The lowest BCUT2D eigenvalue weighted by Gasteiger charge is -2.15. The highest BCUT2D eigenvalue weighted by molar-refractivity contribution is 7.90. The van der Waals surface area contributed by atoms with Gasteiger partial charge in [0, 0.05) is 29.0 Å². The van der Waals surface area contributed by atoms with E-state index in [1.54, 1.807) is 24.3 Å². The fourth-order valence-corrected chi connectivity index (χ4v) is 4.62. The zero-order valence-electron chi connectivity index (χ0n) is 20.6. The number of fused-ring (bicyclic) bond motifs is 1. The highest BCUT2D eigenvalue weighted by atomic mass is 32.2. The lowest BCUT2D eigenvalue weighted by Crippen LogP contribution is -2.19. The Morgan fingerprint density at radius 3 is 2.08 bits per heavy atom. The molecule has 10 heteroatoms. The molecule has 9 nitrogen and oxygen atoms in total. The number of carbonyl (C=O) groups excluding carboxylic acids is 2. The number of ether oxygens (including phenoxy) is 3. The molecule has 0 N–H and O–H groups in total. The van der Waals surface area contributed by atoms with Crippen molar-refractivity contribution in [3.8, 4) is 17.2 Å². The summed E-state index contributed by atoms with van der Waals surface area (Å²) in [5, 5.41) is 0. The van der Waals surface area contributed by atoms with Gasteiger partial charge < -0.3 is 19.7 Å². The van der Waals surface area contributed by atoms with E-state index in [1.165, 1.54) is 51.7 Å². The third-order valence-corrected chi connectivity index (χ3v) is 6.60. The van der Waals surface area contributed by atoms with Gasteiger partial charge >= 0.3 is 5.71 Å². The predicted octanol–water partition coefficient (Wildman–Crippen LogP) is 3.91. The van der Waals surface area contributed by atoms with E-state index >= 15 is 0 Å². The smallest absolute Gasteiger partial charge is 0.362 e. The van der Waals surface area contributed by atoms with Gasteiger partial charge in [-0.2, -0.15) is 4.79 Å². The Kier molecular flexibility index (Phi) is 8.39. The van der Waals surface area contributed by atoms with E-state index in [4.69, 9.17) is 19.7 Å². The zero-order valence-corrected chi connectivity index (χ0v) is 21.4. The van der Waals surface area contributed by atoms with E-state index in [2.05, 4.69) is 4.79 Å². The second-order valence-corrected chi connectivity index (χ2v) is 9.70. The minimum atomic E-state index is -3.40. The van der Waals surface area contributed by atoms with Crippen LogP contribution in [-0.2, 0) is 9.84 Å². The Bertz CT molecular complexity index is 1540. The molecule has 0 unspecified atom stereocenters. The van der Waals surface area contributed by atoms with Gasteiger partial charge in [-0.3, -0.25) is 9.59 Å². The largest absolute Gasteiger partial charge is 0.493 e. The fourth-order valence-electron chi connectivity index (χ4n) is 3.72. The highest BCUT2D eigenvalue weighted by Crippen LogP contribution is 2.40. The normalized spacial score (nSPS) is 12.0. The number of nitrogens with zero attached hydrogens (tertiary/aromatic N) is 2. The maximum atomic E-state index is 12.5. The van der Waals surface area contributed by atoms with E-state index in [-0.39, 0.29) is 22.0 Å². The van der Waals surface area contributed by atoms with Crippen LogP contribution in [0.2, 0.25) is 0 Å². The molecule has 37 heavy (non-hydrogen) atoms. The summed E-state index contributed by atoms with van der Waals surface area (Å²) in [7, 11) is 1.15. The van der Waals surface area contributed by atoms with Crippen LogP contribution in [0.1, 0.15) is 31.8 Å². The molecular formula is C27H24N2O7S. The van der Waals surface area contributed by atoms with Gasteiger partial charge in [0.15, 0.2) is 27.1 Å². The maximum absolute atomic E-state index is 12.5. The van der Waals surface area contributed by atoms with Crippen molar-refractivity contribution >= 4 is 33.2 Å². The number of hydrogen-bond donors (Lipinski definition) is 0. The van der Waals surface area contributed by atoms with E-state index in [0.29, 0.717) is 33.9 Å². The minimum absolute atomic E-state index is 0.0941. The molecular weight excluding hydrogens is 496 g/mol. The first-order valence-electron chi connectivity index (χ1n) is 10.8. The summed E-state index contributed by atoms with van der Waals surface area (Å²) in [6.45, 7) is 0. The van der Waals surface area contributed by atoms with Gasteiger partial charge in [0.25, 0.3) is 5.78 Å². The average Bonchev–Trinajstić information content (AvgIpc) is 2.92. The summed E-state index contributed by atoms with van der Waals surface area (Å²) in [5.74, 6) is 0.699. The van der Waals surface area contributed by atoms with Crippen molar-refractivity contribution in [2.45, 2.75) is 4.90 Å². The van der Waals surface area contributed by atoms with Crippen LogP contribution in [-0.4, -0.2) is 58.1 Å². The van der Waals surface area contributed by atoms with Crippen LogP contribution in [0, 0.1) is 0 Å². The number of methoxy groups -OCH3 is 3. The number of rotatable bonds is 6. The van der Waals surface area contributed by atoms with E-state index in [9.17, 15) is 18.0 Å². The molecule has 0 atom stereocenters. The summed E-state index contributed by atoms with van der Waals surface area (Å²) >= 11 is 0. The van der Waals surface area contributed by atoms with Crippen molar-refractivity contribution in [3.05, 3.63) is 94.5 Å². The van der Waals surface area contributed by atoms with Crippen LogP contribution in [0.5, 0.6) is 17.2 Å². The molecule has 1 aliphatic carbocycles. The minimum Gasteiger partial charge on any atom is -0.493 e. The molecule has 0 spiro atoms. The Morgan fingerprint density at radius 1 is 0.838 bits per heavy atom. The molecule has 0 fully saturated rings. The van der Waals surface area contributed by atoms with Crippen LogP contribution in [0.25, 0.3) is 11.6 Å². The summed E-state index contributed by atoms with van der Waals surface area (Å²) in [6.07, 6.45) is 3.83. The Balaban J connectivity index is 0.000000208. The third-order valence-electron chi connectivity index (χ3n) is 5.44. The number of sulfone groups is 1. The molecule has 0 saturated carbocycles. The summed E-state index contributed by atoms with van der Waals surface area (Å²) in [4.78, 5) is 27.3. The van der Waals surface area contributed by atoms with Crippen LogP contribution in [0.4, 0.5) is 0 Å². The van der Waals surface area contributed by atoms with Crippen molar-refractivity contribution < 1.29 is 37.0 Å². The second-order valence-electron chi connectivity index (χ2n) is 7.71. The van der Waals surface area contributed by atoms with Crippen molar-refractivity contribution in [1.82, 2.24) is 0 Å². The number of benzene rings is 3. The molecule has 0 aromatic heterocycles. The first-order valence-corrected chi connectivity index (χ1v) is 12.7. The third kappa shape index (κ3) is 5.66. The van der Waals surface area contributed by atoms with E-state index < -0.39 is 15.6 Å². The Labute approximate surface area is 214 Å². The predicted molar refractivity (Wildman–Crippen MR) is 138 cm³/mol. The summed E-state index contributed by atoms with van der Waals surface area (Å²) in [5.41, 5.74) is 10.1. The van der Waals surface area contributed by atoms with Crippen LogP contribution in [0.15, 0.2) is 71.6 Å². The van der Waals surface area contributed by atoms with E-state index in [0.717, 1.165) is 6.26 Å². The number of ketones is 2. The molecule has 1 aliphatic rings. The molecule has 4 rings (SSSR count). The standard InChI is InChI=1S/C16H16O4.C11H8N2O3S/c1-18-13-10-9-12(15(19-2)16(13)20-3)14(17)11-7-5-4-6-8-11;1-17(15,16)10-4-2-3-8-7(10)5-6-9(13-12)11(8)14/h4-10H,1-3H3;2-6H,1H3. The highest BCUT2D eigenvalue weighted by Gasteiger charge is 2.28. The Hall–Kier alpha value is -4.53. The zero-order chi connectivity index (χ0) is 27.2. The van der Waals surface area contributed by atoms with Gasteiger partial charge in [0.05, 0.1) is 31.8 Å². The molecule has 3 aromatic rings. The Morgan fingerprint density at radius 2 is 1.51 bits per heavy atom. The summed E-state index contributed by atoms with van der Waals surface area (Å²) in [6, 6.07) is 16.8. The maximum Gasteiger partial charge on any atom is 0.362 e. The lowest BCUT2D eigenvalue weighted by atomic mass is 9.95. The molecule has 0 aliphatic heterocycles. The number of Topliss-reactive ketones (excluding diaryl/α,β-unsaturated/α-hetero) is 1. The quantitative estimate of drug-likeness (QED) is 0.273.